The number of rotatable bonds is 6. The Hall–Kier alpha value is -3.74. The summed E-state index contributed by atoms with van der Waals surface area (Å²) in [5.41, 5.74) is 2.43. The number of carbonyl (C=O) groups is 2. The number of fused-ring (bicyclic) bond motifs is 1. The highest BCUT2D eigenvalue weighted by Gasteiger charge is 2.26. The second-order valence-electron chi connectivity index (χ2n) is 8.57. The summed E-state index contributed by atoms with van der Waals surface area (Å²) in [5.74, 6) is 0.997. The first-order chi connectivity index (χ1) is 15.3. The molecule has 7 heteroatoms. The van der Waals surface area contributed by atoms with Crippen molar-refractivity contribution in [3.63, 3.8) is 0 Å². The van der Waals surface area contributed by atoms with Crippen LogP contribution in [-0.4, -0.2) is 31.6 Å². The lowest BCUT2D eigenvalue weighted by atomic mass is 9.87. The molecule has 1 aliphatic heterocycles. The van der Waals surface area contributed by atoms with Crippen molar-refractivity contribution in [3.05, 3.63) is 72.2 Å². The molecule has 1 N–H and O–H groups in total. The third kappa shape index (κ3) is 4.77. The van der Waals surface area contributed by atoms with Crippen molar-refractivity contribution in [2.45, 2.75) is 26.2 Å². The van der Waals surface area contributed by atoms with Gasteiger partial charge in [-0.2, -0.15) is 0 Å². The van der Waals surface area contributed by atoms with Crippen molar-refractivity contribution >= 4 is 23.2 Å². The molecule has 2 aromatic carbocycles. The van der Waals surface area contributed by atoms with E-state index >= 15 is 0 Å². The summed E-state index contributed by atoms with van der Waals surface area (Å²) >= 11 is 0. The molecule has 0 saturated carbocycles. The molecule has 2 amide bonds. The Kier molecular flexibility index (Phi) is 5.90. The smallest absolute Gasteiger partial charge is 0.291 e. The van der Waals surface area contributed by atoms with Crippen LogP contribution in [0.5, 0.6) is 11.5 Å². The van der Waals surface area contributed by atoms with Crippen LogP contribution in [0.4, 0.5) is 11.4 Å². The zero-order valence-corrected chi connectivity index (χ0v) is 18.4. The van der Waals surface area contributed by atoms with E-state index in [0.29, 0.717) is 30.3 Å². The first-order valence-corrected chi connectivity index (χ1v) is 10.5. The number of benzene rings is 2. The molecule has 0 bridgehead atoms. The molecule has 32 heavy (non-hydrogen) atoms. The molecule has 0 spiro atoms. The molecule has 0 radical (unpaired) electrons. The predicted molar refractivity (Wildman–Crippen MR) is 122 cm³/mol. The van der Waals surface area contributed by atoms with E-state index in [4.69, 9.17) is 13.9 Å². The molecular formula is C25H26N2O5. The summed E-state index contributed by atoms with van der Waals surface area (Å²) in [6.07, 6.45) is 1.44. The number of hydrogen-bond donors (Lipinski definition) is 1. The van der Waals surface area contributed by atoms with Crippen molar-refractivity contribution in [1.82, 2.24) is 0 Å². The number of furan rings is 1. The Morgan fingerprint density at radius 2 is 1.91 bits per heavy atom. The van der Waals surface area contributed by atoms with Gasteiger partial charge >= 0.3 is 0 Å². The molecule has 0 atom stereocenters. The zero-order valence-electron chi connectivity index (χ0n) is 18.4. The average Bonchev–Trinajstić information content (AvgIpc) is 3.30. The van der Waals surface area contributed by atoms with Crippen LogP contribution >= 0.6 is 0 Å². The molecule has 166 valence electrons. The minimum atomic E-state index is -0.369. The van der Waals surface area contributed by atoms with Crippen molar-refractivity contribution in [3.8, 4) is 11.5 Å². The van der Waals surface area contributed by atoms with Crippen molar-refractivity contribution < 1.29 is 23.5 Å². The Morgan fingerprint density at radius 3 is 2.59 bits per heavy atom. The summed E-state index contributed by atoms with van der Waals surface area (Å²) in [6.45, 7) is 7.13. The van der Waals surface area contributed by atoms with E-state index in [1.165, 1.54) is 11.8 Å². The SMILES string of the molecule is CC(C)(C)c1ccc(OCCN2C(=O)COc3ccc(NC(=O)c4ccco4)cc32)cc1. The number of amides is 2. The Morgan fingerprint density at radius 1 is 1.12 bits per heavy atom. The second-order valence-corrected chi connectivity index (χ2v) is 8.57. The normalized spacial score (nSPS) is 13.3. The molecule has 1 aliphatic rings. The van der Waals surface area contributed by atoms with Gasteiger partial charge in [0, 0.05) is 5.69 Å². The van der Waals surface area contributed by atoms with Crippen molar-refractivity contribution in [1.29, 1.82) is 0 Å². The van der Waals surface area contributed by atoms with Crippen LogP contribution in [0.3, 0.4) is 0 Å². The summed E-state index contributed by atoms with van der Waals surface area (Å²) in [7, 11) is 0. The van der Waals surface area contributed by atoms with Crippen LogP contribution < -0.4 is 19.7 Å². The van der Waals surface area contributed by atoms with Gasteiger partial charge in [-0.15, -0.1) is 0 Å². The topological polar surface area (TPSA) is 81.0 Å². The monoisotopic (exact) mass is 434 g/mol. The lowest BCUT2D eigenvalue weighted by Crippen LogP contribution is -2.41. The number of nitrogens with zero attached hydrogens (tertiary/aromatic N) is 1. The van der Waals surface area contributed by atoms with E-state index in [1.54, 1.807) is 35.2 Å². The van der Waals surface area contributed by atoms with Gasteiger partial charge in [0.1, 0.15) is 18.1 Å². The molecule has 0 unspecified atom stereocenters. The summed E-state index contributed by atoms with van der Waals surface area (Å²) < 4.78 is 16.5. The van der Waals surface area contributed by atoms with Crippen LogP contribution in [-0.2, 0) is 10.2 Å². The lowest BCUT2D eigenvalue weighted by molar-refractivity contribution is -0.121. The first kappa shape index (κ1) is 21.5. The fourth-order valence-electron chi connectivity index (χ4n) is 3.43. The third-order valence-corrected chi connectivity index (χ3v) is 5.21. The second kappa shape index (κ2) is 8.78. The third-order valence-electron chi connectivity index (χ3n) is 5.21. The number of ether oxygens (including phenoxy) is 2. The first-order valence-electron chi connectivity index (χ1n) is 10.5. The maximum atomic E-state index is 12.5. The molecule has 7 nitrogen and oxygen atoms in total. The van der Waals surface area contributed by atoms with Gasteiger partial charge in [-0.25, -0.2) is 0 Å². The van der Waals surface area contributed by atoms with Gasteiger partial charge in [-0.05, 0) is 53.4 Å². The minimum absolute atomic E-state index is 0.0363. The molecule has 2 heterocycles. The fraction of sp³-hybridized carbons (Fsp3) is 0.280. The maximum absolute atomic E-state index is 12.5. The van der Waals surface area contributed by atoms with Crippen molar-refractivity contribution in [2.24, 2.45) is 0 Å². The Balaban J connectivity index is 1.43. The van der Waals surface area contributed by atoms with Gasteiger partial charge in [-0.3, -0.25) is 9.59 Å². The number of carbonyl (C=O) groups excluding carboxylic acids is 2. The van der Waals surface area contributed by atoms with Gasteiger partial charge in [0.05, 0.1) is 18.5 Å². The highest BCUT2D eigenvalue weighted by molar-refractivity contribution is 6.03. The summed E-state index contributed by atoms with van der Waals surface area (Å²) in [6, 6.07) is 16.4. The highest BCUT2D eigenvalue weighted by atomic mass is 16.5. The van der Waals surface area contributed by atoms with E-state index in [1.807, 2.05) is 12.1 Å². The number of hydrogen-bond acceptors (Lipinski definition) is 5. The molecule has 0 saturated heterocycles. The molecule has 3 aromatic rings. The van der Waals surface area contributed by atoms with E-state index in [9.17, 15) is 9.59 Å². The van der Waals surface area contributed by atoms with E-state index in [2.05, 4.69) is 38.2 Å². The van der Waals surface area contributed by atoms with Crippen LogP contribution in [0, 0.1) is 0 Å². The highest BCUT2D eigenvalue weighted by Crippen LogP contribution is 2.34. The zero-order chi connectivity index (χ0) is 22.7. The van der Waals surface area contributed by atoms with Gasteiger partial charge in [0.15, 0.2) is 12.4 Å². The van der Waals surface area contributed by atoms with Crippen LogP contribution in [0.2, 0.25) is 0 Å². The minimum Gasteiger partial charge on any atom is -0.492 e. The van der Waals surface area contributed by atoms with E-state index < -0.39 is 0 Å². The van der Waals surface area contributed by atoms with E-state index in [0.717, 1.165) is 5.75 Å². The molecule has 0 aliphatic carbocycles. The Labute approximate surface area is 186 Å². The molecule has 0 fully saturated rings. The van der Waals surface area contributed by atoms with Gasteiger partial charge in [0.25, 0.3) is 11.8 Å². The Bertz CT molecular complexity index is 1100. The van der Waals surface area contributed by atoms with Crippen LogP contribution in [0.25, 0.3) is 0 Å². The fourth-order valence-corrected chi connectivity index (χ4v) is 3.43. The molecular weight excluding hydrogens is 408 g/mol. The maximum Gasteiger partial charge on any atom is 0.291 e. The summed E-state index contributed by atoms with van der Waals surface area (Å²) in [5, 5.41) is 2.77. The van der Waals surface area contributed by atoms with Crippen molar-refractivity contribution in [2.75, 3.05) is 30.0 Å². The largest absolute Gasteiger partial charge is 0.492 e. The molecule has 4 rings (SSSR count). The predicted octanol–water partition coefficient (Wildman–Crippen LogP) is 4.63. The standard InChI is InChI=1S/C25H26N2O5/c1-25(2,3)17-6-9-19(10-7-17)30-14-12-27-20-15-18(8-11-21(20)32-16-23(27)28)26-24(29)22-5-4-13-31-22/h4-11,13,15H,12,14,16H2,1-3H3,(H,26,29). The number of anilines is 2. The van der Waals surface area contributed by atoms with E-state index in [-0.39, 0.29) is 29.6 Å². The average molecular weight is 434 g/mol. The van der Waals surface area contributed by atoms with Crippen LogP contribution in [0.1, 0.15) is 36.9 Å². The summed E-state index contributed by atoms with van der Waals surface area (Å²) in [4.78, 5) is 26.4. The van der Waals surface area contributed by atoms with Crippen LogP contribution in [0.15, 0.2) is 65.3 Å². The van der Waals surface area contributed by atoms with Gasteiger partial charge in [-0.1, -0.05) is 32.9 Å². The van der Waals surface area contributed by atoms with Gasteiger partial charge in [0.2, 0.25) is 0 Å². The van der Waals surface area contributed by atoms with Gasteiger partial charge < -0.3 is 24.1 Å². The quantitative estimate of drug-likeness (QED) is 0.612. The molecule has 1 aromatic heterocycles. The number of nitrogens with one attached hydrogen (secondary N) is 1. The lowest BCUT2D eigenvalue weighted by Gasteiger charge is -2.29.